The van der Waals surface area contributed by atoms with Crippen LogP contribution >= 0.6 is 47.8 Å². The van der Waals surface area contributed by atoms with Gasteiger partial charge in [-0.15, -0.1) is 0 Å². The number of anilines is 1. The van der Waals surface area contributed by atoms with E-state index in [1.165, 1.54) is 12.1 Å². The van der Waals surface area contributed by atoms with Gasteiger partial charge < -0.3 is 4.74 Å². The van der Waals surface area contributed by atoms with Crippen molar-refractivity contribution < 1.29 is 23.5 Å². The Kier molecular flexibility index (Phi) is 7.53. The summed E-state index contributed by atoms with van der Waals surface area (Å²) in [4.78, 5) is 39.0. The number of barbiturate groups is 1. The molecule has 3 aromatic carbocycles. The fourth-order valence-corrected chi connectivity index (χ4v) is 5.09. The van der Waals surface area contributed by atoms with E-state index < -0.39 is 17.8 Å². The van der Waals surface area contributed by atoms with Crippen LogP contribution < -0.4 is 15.0 Å². The molecule has 1 fully saturated rings. The van der Waals surface area contributed by atoms with Gasteiger partial charge >= 0.3 is 6.03 Å². The van der Waals surface area contributed by atoms with Gasteiger partial charge in [-0.2, -0.15) is 0 Å². The third-order valence-electron chi connectivity index (χ3n) is 5.16. The molecule has 0 bridgehead atoms. The van der Waals surface area contributed by atoms with Crippen molar-refractivity contribution in [1.29, 1.82) is 0 Å². The Hall–Kier alpha value is -2.82. The minimum absolute atomic E-state index is 0.00881. The number of amides is 4. The smallest absolute Gasteiger partial charge is 0.335 e. The number of hydrogen-bond acceptors (Lipinski definition) is 4. The zero-order chi connectivity index (χ0) is 25.3. The first-order valence-electron chi connectivity index (χ1n) is 10.2. The van der Waals surface area contributed by atoms with E-state index in [0.717, 1.165) is 14.9 Å². The topological polar surface area (TPSA) is 75.7 Å². The Morgan fingerprint density at radius 3 is 2.31 bits per heavy atom. The van der Waals surface area contributed by atoms with E-state index in [0.29, 0.717) is 31.5 Å². The Balaban J connectivity index is 1.62. The van der Waals surface area contributed by atoms with Crippen LogP contribution in [-0.2, 0) is 16.2 Å². The van der Waals surface area contributed by atoms with Gasteiger partial charge in [0.15, 0.2) is 0 Å². The second-order valence-corrected chi connectivity index (χ2v) is 10.1. The first kappa shape index (κ1) is 25.3. The molecule has 10 heteroatoms. The second kappa shape index (κ2) is 10.4. The number of urea groups is 1. The summed E-state index contributed by atoms with van der Waals surface area (Å²) in [6.07, 6.45) is 1.39. The van der Waals surface area contributed by atoms with Crippen LogP contribution in [0.1, 0.15) is 16.7 Å². The van der Waals surface area contributed by atoms with Gasteiger partial charge in [0, 0.05) is 10.0 Å². The van der Waals surface area contributed by atoms with Crippen LogP contribution in [0.25, 0.3) is 6.08 Å². The molecule has 1 heterocycles. The summed E-state index contributed by atoms with van der Waals surface area (Å²) in [5.74, 6) is -1.48. The standard InChI is InChI=1S/C25H16Br3FN2O4/c1-13-8-16(6-7-18(13)26)31-24(33)17(23(32)30-25(31)34)9-14-10-19(27)22(20(28)11-14)35-12-15-4-2-3-5-21(15)29/h2-11H,12H2,1H3,(H,30,32,34)/b17-9+. The molecule has 4 rings (SSSR count). The average molecular weight is 667 g/mol. The van der Waals surface area contributed by atoms with E-state index in [9.17, 15) is 18.8 Å². The lowest BCUT2D eigenvalue weighted by molar-refractivity contribution is -0.122. The molecule has 1 aliphatic heterocycles. The number of nitrogens with zero attached hydrogens (tertiary/aromatic N) is 1. The van der Waals surface area contributed by atoms with Crippen LogP contribution in [0, 0.1) is 12.7 Å². The van der Waals surface area contributed by atoms with Crippen LogP contribution in [0.3, 0.4) is 0 Å². The van der Waals surface area contributed by atoms with Gasteiger partial charge in [0.2, 0.25) is 0 Å². The Bertz CT molecular complexity index is 1380. The summed E-state index contributed by atoms with van der Waals surface area (Å²) in [7, 11) is 0. The molecular weight excluding hydrogens is 651 g/mol. The maximum Gasteiger partial charge on any atom is 0.335 e. The van der Waals surface area contributed by atoms with Gasteiger partial charge in [-0.25, -0.2) is 14.1 Å². The fraction of sp³-hybridized carbons (Fsp3) is 0.0800. The lowest BCUT2D eigenvalue weighted by Crippen LogP contribution is -2.54. The largest absolute Gasteiger partial charge is 0.486 e. The van der Waals surface area contributed by atoms with Gasteiger partial charge in [0.1, 0.15) is 23.7 Å². The number of hydrogen-bond donors (Lipinski definition) is 1. The molecule has 0 unspecified atom stereocenters. The summed E-state index contributed by atoms with van der Waals surface area (Å²) in [6, 6.07) is 13.8. The lowest BCUT2D eigenvalue weighted by Gasteiger charge is -2.26. The van der Waals surface area contributed by atoms with Crippen LogP contribution in [0.2, 0.25) is 0 Å². The molecule has 0 saturated carbocycles. The van der Waals surface area contributed by atoms with Gasteiger partial charge in [-0.3, -0.25) is 14.9 Å². The third kappa shape index (κ3) is 5.39. The number of halogens is 4. The lowest BCUT2D eigenvalue weighted by atomic mass is 10.1. The van der Waals surface area contributed by atoms with E-state index in [1.54, 1.807) is 48.5 Å². The SMILES string of the molecule is Cc1cc(N2C(=O)NC(=O)/C(=C\c3cc(Br)c(OCc4ccccc4F)c(Br)c3)C2=O)ccc1Br. The number of imide groups is 2. The van der Waals surface area contributed by atoms with Gasteiger partial charge in [-0.05, 0) is 92.4 Å². The van der Waals surface area contributed by atoms with E-state index in [-0.39, 0.29) is 18.0 Å². The molecular formula is C25H16Br3FN2O4. The molecule has 1 aliphatic rings. The number of nitrogens with one attached hydrogen (secondary N) is 1. The van der Waals surface area contributed by atoms with Gasteiger partial charge in [0.25, 0.3) is 11.8 Å². The van der Waals surface area contributed by atoms with Crippen molar-refractivity contribution >= 4 is 77.4 Å². The number of rotatable bonds is 5. The number of benzene rings is 3. The monoisotopic (exact) mass is 664 g/mol. The molecule has 0 aliphatic carbocycles. The van der Waals surface area contributed by atoms with E-state index >= 15 is 0 Å². The van der Waals surface area contributed by atoms with Crippen molar-refractivity contribution in [2.24, 2.45) is 0 Å². The number of aryl methyl sites for hydroxylation is 1. The number of carbonyl (C=O) groups excluding carboxylic acids is 3. The molecule has 3 aromatic rings. The Morgan fingerprint density at radius 2 is 1.66 bits per heavy atom. The van der Waals surface area contributed by atoms with Crippen LogP contribution in [0.4, 0.5) is 14.9 Å². The zero-order valence-corrected chi connectivity index (χ0v) is 22.8. The summed E-state index contributed by atoms with van der Waals surface area (Å²) in [6.45, 7) is 1.83. The molecule has 4 amide bonds. The molecule has 178 valence electrons. The molecule has 0 atom stereocenters. The summed E-state index contributed by atoms with van der Waals surface area (Å²) < 4.78 is 21.5. The molecule has 0 aromatic heterocycles. The number of carbonyl (C=O) groups is 3. The molecule has 1 saturated heterocycles. The van der Waals surface area contributed by atoms with Crippen LogP contribution in [0.5, 0.6) is 5.75 Å². The van der Waals surface area contributed by atoms with E-state index in [1.807, 2.05) is 6.92 Å². The maximum atomic E-state index is 13.9. The van der Waals surface area contributed by atoms with Crippen molar-refractivity contribution in [3.63, 3.8) is 0 Å². The Labute approximate surface area is 225 Å². The maximum absolute atomic E-state index is 13.9. The molecule has 1 N–H and O–H groups in total. The van der Waals surface area contributed by atoms with Crippen molar-refractivity contribution in [3.8, 4) is 5.75 Å². The second-order valence-electron chi connectivity index (χ2n) is 7.59. The van der Waals surface area contributed by atoms with Gasteiger partial charge in [0.05, 0.1) is 14.6 Å². The van der Waals surface area contributed by atoms with E-state index in [2.05, 4.69) is 53.1 Å². The average Bonchev–Trinajstić information content (AvgIpc) is 2.79. The van der Waals surface area contributed by atoms with Crippen LogP contribution in [0.15, 0.2) is 73.6 Å². The van der Waals surface area contributed by atoms with Gasteiger partial charge in [-0.1, -0.05) is 34.1 Å². The Morgan fingerprint density at radius 1 is 0.971 bits per heavy atom. The van der Waals surface area contributed by atoms with Crippen molar-refractivity contribution in [2.75, 3.05) is 4.90 Å². The predicted molar refractivity (Wildman–Crippen MR) is 140 cm³/mol. The fourth-order valence-electron chi connectivity index (χ4n) is 3.39. The highest BCUT2D eigenvalue weighted by Gasteiger charge is 2.37. The minimum Gasteiger partial charge on any atom is -0.486 e. The molecule has 35 heavy (non-hydrogen) atoms. The first-order valence-corrected chi connectivity index (χ1v) is 12.6. The molecule has 6 nitrogen and oxygen atoms in total. The first-order chi connectivity index (χ1) is 16.7. The summed E-state index contributed by atoms with van der Waals surface area (Å²) in [5.41, 5.74) is 1.86. The molecule has 0 radical (unpaired) electrons. The zero-order valence-electron chi connectivity index (χ0n) is 18.1. The highest BCUT2D eigenvalue weighted by Crippen LogP contribution is 2.36. The summed E-state index contributed by atoms with van der Waals surface area (Å²) >= 11 is 10.2. The number of ether oxygens (including phenoxy) is 1. The minimum atomic E-state index is -0.821. The van der Waals surface area contributed by atoms with Crippen LogP contribution in [-0.4, -0.2) is 17.8 Å². The van der Waals surface area contributed by atoms with Crippen molar-refractivity contribution in [2.45, 2.75) is 13.5 Å². The highest BCUT2D eigenvalue weighted by molar-refractivity contribution is 9.11. The quantitative estimate of drug-likeness (QED) is 0.244. The predicted octanol–water partition coefficient (Wildman–Crippen LogP) is 6.67. The normalized spacial score (nSPS) is 14.9. The molecule has 0 spiro atoms. The summed E-state index contributed by atoms with van der Waals surface area (Å²) in [5, 5.41) is 2.21. The van der Waals surface area contributed by atoms with Crippen molar-refractivity contribution in [1.82, 2.24) is 5.32 Å². The van der Waals surface area contributed by atoms with E-state index in [4.69, 9.17) is 4.74 Å². The van der Waals surface area contributed by atoms with Crippen molar-refractivity contribution in [3.05, 3.63) is 96.1 Å². The highest BCUT2D eigenvalue weighted by atomic mass is 79.9. The third-order valence-corrected chi connectivity index (χ3v) is 7.23.